The SMILES string of the molecule is Cc1cccc(N2CCN(C(=O)CSc3nnc(-c4ccco4)o3)CC2)c1. The molecule has 0 unspecified atom stereocenters. The summed E-state index contributed by atoms with van der Waals surface area (Å²) in [5.41, 5.74) is 2.46. The van der Waals surface area contributed by atoms with Gasteiger partial charge in [-0.1, -0.05) is 23.9 Å². The molecule has 0 bridgehead atoms. The number of carbonyl (C=O) groups is 1. The molecule has 140 valence electrons. The number of piperazine rings is 1. The monoisotopic (exact) mass is 384 g/mol. The Morgan fingerprint density at radius 3 is 2.74 bits per heavy atom. The van der Waals surface area contributed by atoms with Crippen molar-refractivity contribution in [2.24, 2.45) is 0 Å². The number of hydrogen-bond donors (Lipinski definition) is 0. The summed E-state index contributed by atoms with van der Waals surface area (Å²) >= 11 is 1.25. The predicted molar refractivity (Wildman–Crippen MR) is 103 cm³/mol. The Hall–Kier alpha value is -2.74. The first-order chi connectivity index (χ1) is 13.2. The van der Waals surface area contributed by atoms with Crippen LogP contribution in [0.15, 0.2) is 56.7 Å². The molecule has 0 saturated carbocycles. The van der Waals surface area contributed by atoms with Crippen LogP contribution in [0.1, 0.15) is 5.56 Å². The van der Waals surface area contributed by atoms with Gasteiger partial charge in [0.15, 0.2) is 5.76 Å². The average Bonchev–Trinajstić information content (AvgIpc) is 3.38. The zero-order valence-corrected chi connectivity index (χ0v) is 15.8. The molecule has 8 heteroatoms. The molecule has 0 N–H and O–H groups in total. The normalized spacial score (nSPS) is 14.6. The van der Waals surface area contributed by atoms with Crippen molar-refractivity contribution in [2.75, 3.05) is 36.8 Å². The van der Waals surface area contributed by atoms with E-state index in [2.05, 4.69) is 46.3 Å². The van der Waals surface area contributed by atoms with Gasteiger partial charge in [-0.25, -0.2) is 0 Å². The summed E-state index contributed by atoms with van der Waals surface area (Å²) in [4.78, 5) is 16.7. The molecule has 0 aliphatic carbocycles. The van der Waals surface area contributed by atoms with Gasteiger partial charge in [0, 0.05) is 31.9 Å². The maximum atomic E-state index is 12.5. The van der Waals surface area contributed by atoms with E-state index in [0.29, 0.717) is 16.9 Å². The minimum absolute atomic E-state index is 0.0849. The quantitative estimate of drug-likeness (QED) is 0.626. The fraction of sp³-hybridized carbons (Fsp3) is 0.316. The molecule has 3 heterocycles. The topological polar surface area (TPSA) is 75.6 Å². The van der Waals surface area contributed by atoms with Crippen molar-refractivity contribution in [2.45, 2.75) is 12.1 Å². The summed E-state index contributed by atoms with van der Waals surface area (Å²) < 4.78 is 10.7. The fourth-order valence-corrected chi connectivity index (χ4v) is 3.69. The summed E-state index contributed by atoms with van der Waals surface area (Å²) in [6.07, 6.45) is 1.55. The number of anilines is 1. The number of aromatic nitrogens is 2. The van der Waals surface area contributed by atoms with Gasteiger partial charge in [-0.15, -0.1) is 10.2 Å². The lowest BCUT2D eigenvalue weighted by Crippen LogP contribution is -2.49. The Morgan fingerprint density at radius 1 is 1.15 bits per heavy atom. The van der Waals surface area contributed by atoms with Crippen LogP contribution in [-0.4, -0.2) is 52.9 Å². The van der Waals surface area contributed by atoms with Crippen LogP contribution < -0.4 is 4.90 Å². The Bertz CT molecular complexity index is 901. The first-order valence-corrected chi connectivity index (χ1v) is 9.77. The lowest BCUT2D eigenvalue weighted by Gasteiger charge is -2.36. The highest BCUT2D eigenvalue weighted by molar-refractivity contribution is 7.99. The van der Waals surface area contributed by atoms with Crippen LogP contribution in [0.2, 0.25) is 0 Å². The van der Waals surface area contributed by atoms with Gasteiger partial charge in [0.2, 0.25) is 5.91 Å². The van der Waals surface area contributed by atoms with Crippen LogP contribution in [0.3, 0.4) is 0 Å². The molecule has 4 rings (SSSR count). The third-order valence-electron chi connectivity index (χ3n) is 4.46. The molecule has 1 aromatic carbocycles. The van der Waals surface area contributed by atoms with E-state index in [4.69, 9.17) is 8.83 Å². The summed E-state index contributed by atoms with van der Waals surface area (Å²) in [6, 6.07) is 12.0. The van der Waals surface area contributed by atoms with Gasteiger partial charge in [-0.2, -0.15) is 0 Å². The Morgan fingerprint density at radius 2 is 2.00 bits per heavy atom. The number of furan rings is 1. The number of rotatable bonds is 5. The van der Waals surface area contributed by atoms with Gasteiger partial charge in [0.05, 0.1) is 12.0 Å². The maximum Gasteiger partial charge on any atom is 0.284 e. The molecule has 0 atom stereocenters. The van der Waals surface area contributed by atoms with E-state index < -0.39 is 0 Å². The zero-order valence-electron chi connectivity index (χ0n) is 15.0. The summed E-state index contributed by atoms with van der Waals surface area (Å²) in [6.45, 7) is 5.20. The lowest BCUT2D eigenvalue weighted by atomic mass is 10.2. The van der Waals surface area contributed by atoms with Crippen molar-refractivity contribution < 1.29 is 13.6 Å². The van der Waals surface area contributed by atoms with E-state index >= 15 is 0 Å². The van der Waals surface area contributed by atoms with Crippen molar-refractivity contribution in [3.8, 4) is 11.7 Å². The van der Waals surface area contributed by atoms with E-state index in [-0.39, 0.29) is 11.7 Å². The number of thioether (sulfide) groups is 1. The highest BCUT2D eigenvalue weighted by Gasteiger charge is 2.22. The zero-order chi connectivity index (χ0) is 18.6. The third-order valence-corrected chi connectivity index (χ3v) is 5.26. The maximum absolute atomic E-state index is 12.5. The van der Waals surface area contributed by atoms with Crippen LogP contribution in [-0.2, 0) is 4.79 Å². The molecule has 7 nitrogen and oxygen atoms in total. The van der Waals surface area contributed by atoms with Crippen molar-refractivity contribution in [3.05, 3.63) is 48.2 Å². The first kappa shape index (κ1) is 17.7. The molecular weight excluding hydrogens is 364 g/mol. The minimum Gasteiger partial charge on any atom is -0.459 e. The number of amides is 1. The molecule has 3 aromatic rings. The number of hydrogen-bond acceptors (Lipinski definition) is 7. The number of aryl methyl sites for hydroxylation is 1. The second-order valence-corrected chi connectivity index (χ2v) is 7.27. The molecule has 1 fully saturated rings. The summed E-state index contributed by atoms with van der Waals surface area (Å²) in [5.74, 6) is 1.21. The minimum atomic E-state index is 0.0849. The second kappa shape index (κ2) is 7.87. The molecule has 1 saturated heterocycles. The van der Waals surface area contributed by atoms with Gasteiger partial charge in [-0.3, -0.25) is 4.79 Å². The smallest absolute Gasteiger partial charge is 0.284 e. The highest BCUT2D eigenvalue weighted by atomic mass is 32.2. The molecule has 1 aliphatic heterocycles. The van der Waals surface area contributed by atoms with Crippen molar-refractivity contribution in [3.63, 3.8) is 0 Å². The van der Waals surface area contributed by atoms with Crippen LogP contribution in [0.5, 0.6) is 0 Å². The number of carbonyl (C=O) groups excluding carboxylic acids is 1. The van der Waals surface area contributed by atoms with Gasteiger partial charge in [0.1, 0.15) is 0 Å². The van der Waals surface area contributed by atoms with Crippen molar-refractivity contribution in [1.82, 2.24) is 15.1 Å². The third kappa shape index (κ3) is 4.16. The average molecular weight is 384 g/mol. The summed E-state index contributed by atoms with van der Waals surface area (Å²) in [5, 5.41) is 8.26. The summed E-state index contributed by atoms with van der Waals surface area (Å²) in [7, 11) is 0. The molecule has 0 spiro atoms. The van der Waals surface area contributed by atoms with E-state index in [0.717, 1.165) is 26.2 Å². The molecule has 27 heavy (non-hydrogen) atoms. The molecular formula is C19H20N4O3S. The largest absolute Gasteiger partial charge is 0.459 e. The van der Waals surface area contributed by atoms with Crippen LogP contribution in [0, 0.1) is 6.92 Å². The molecule has 1 amide bonds. The van der Waals surface area contributed by atoms with Gasteiger partial charge < -0.3 is 18.6 Å². The van der Waals surface area contributed by atoms with Crippen LogP contribution in [0.25, 0.3) is 11.7 Å². The fourth-order valence-electron chi connectivity index (χ4n) is 3.02. The van der Waals surface area contributed by atoms with Gasteiger partial charge >= 0.3 is 0 Å². The van der Waals surface area contributed by atoms with Crippen molar-refractivity contribution >= 4 is 23.4 Å². The molecule has 0 radical (unpaired) electrons. The van der Waals surface area contributed by atoms with Crippen molar-refractivity contribution in [1.29, 1.82) is 0 Å². The van der Waals surface area contributed by atoms with Gasteiger partial charge in [0.25, 0.3) is 11.1 Å². The molecule has 2 aromatic heterocycles. The second-order valence-electron chi connectivity index (χ2n) is 6.35. The molecule has 1 aliphatic rings. The number of benzene rings is 1. The number of nitrogens with zero attached hydrogens (tertiary/aromatic N) is 4. The Balaban J connectivity index is 1.27. The Labute approximate surface area is 161 Å². The van der Waals surface area contributed by atoms with E-state index in [1.807, 2.05) is 4.90 Å². The predicted octanol–water partition coefficient (Wildman–Crippen LogP) is 3.08. The first-order valence-electron chi connectivity index (χ1n) is 8.78. The highest BCUT2D eigenvalue weighted by Crippen LogP contribution is 2.24. The van der Waals surface area contributed by atoms with E-state index in [9.17, 15) is 4.79 Å². The lowest BCUT2D eigenvalue weighted by molar-refractivity contribution is -0.128. The van der Waals surface area contributed by atoms with E-state index in [1.54, 1.807) is 18.4 Å². The van der Waals surface area contributed by atoms with Crippen LogP contribution in [0.4, 0.5) is 5.69 Å². The van der Waals surface area contributed by atoms with Gasteiger partial charge in [-0.05, 0) is 36.8 Å². The van der Waals surface area contributed by atoms with Crippen LogP contribution >= 0.6 is 11.8 Å². The van der Waals surface area contributed by atoms with E-state index in [1.165, 1.54) is 23.0 Å². The standard InChI is InChI=1S/C19H20N4O3S/c1-14-4-2-5-15(12-14)22-7-9-23(10-8-22)17(24)13-27-19-21-20-18(26-19)16-6-3-11-25-16/h2-6,11-12H,7-10,13H2,1H3. The Kier molecular flexibility index (Phi) is 5.15.